The van der Waals surface area contributed by atoms with Crippen molar-refractivity contribution in [2.24, 2.45) is 0 Å². The number of hydrogen-bond acceptors (Lipinski definition) is 6. The summed E-state index contributed by atoms with van der Waals surface area (Å²) in [6.07, 6.45) is 2.70. The molecule has 0 spiro atoms. The van der Waals surface area contributed by atoms with Crippen molar-refractivity contribution < 1.29 is 9.53 Å². The first-order chi connectivity index (χ1) is 13.9. The number of fused-ring (bicyclic) bond motifs is 1. The Morgan fingerprint density at radius 1 is 1.28 bits per heavy atom. The maximum atomic E-state index is 12.8. The Morgan fingerprint density at radius 2 is 2.07 bits per heavy atom. The van der Waals surface area contributed by atoms with E-state index in [1.54, 1.807) is 30.7 Å². The van der Waals surface area contributed by atoms with Crippen molar-refractivity contribution in [1.29, 1.82) is 0 Å². The number of aryl methyl sites for hydroxylation is 2. The van der Waals surface area contributed by atoms with Gasteiger partial charge in [0.1, 0.15) is 17.5 Å². The molecule has 7 nitrogen and oxygen atoms in total. The molecular formula is C21H23ClN4O3. The number of pyridine rings is 1. The Morgan fingerprint density at radius 3 is 2.79 bits per heavy atom. The van der Waals surface area contributed by atoms with Crippen LogP contribution in [0, 0.1) is 6.92 Å². The molecule has 3 rings (SSSR count). The molecule has 0 amide bonds. The van der Waals surface area contributed by atoms with Crippen LogP contribution in [-0.2, 0) is 11.3 Å². The van der Waals surface area contributed by atoms with Crippen LogP contribution in [0.25, 0.3) is 10.9 Å². The molecule has 2 aromatic heterocycles. The highest BCUT2D eigenvalue weighted by Gasteiger charge is 2.13. The summed E-state index contributed by atoms with van der Waals surface area (Å²) < 4.78 is 7.21. The maximum absolute atomic E-state index is 12.8. The standard InChI is InChI=1S/C21H23ClN4O3/c1-4-8-26-18-7-6-15(25-20-17(22)11-23-13(3)24-20)9-14(18)10-19(21(26)28)29-12-16(27)5-2/h6-7,9-11H,4-5,8,12H2,1-3H3,(H,23,24,25). The van der Waals surface area contributed by atoms with E-state index in [0.717, 1.165) is 23.0 Å². The van der Waals surface area contributed by atoms with Gasteiger partial charge in [-0.2, -0.15) is 0 Å². The van der Waals surface area contributed by atoms with E-state index in [9.17, 15) is 9.59 Å². The van der Waals surface area contributed by atoms with Gasteiger partial charge in [0.25, 0.3) is 5.56 Å². The van der Waals surface area contributed by atoms with Crippen LogP contribution in [-0.4, -0.2) is 26.9 Å². The molecule has 0 aliphatic heterocycles. The van der Waals surface area contributed by atoms with Crippen molar-refractivity contribution >= 4 is 39.8 Å². The predicted molar refractivity (Wildman–Crippen MR) is 114 cm³/mol. The number of carbonyl (C=O) groups excluding carboxylic acids is 1. The van der Waals surface area contributed by atoms with Gasteiger partial charge in [0, 0.05) is 24.0 Å². The second kappa shape index (κ2) is 9.05. The molecule has 8 heteroatoms. The van der Waals surface area contributed by atoms with Gasteiger partial charge in [-0.1, -0.05) is 25.4 Å². The zero-order valence-corrected chi connectivity index (χ0v) is 17.4. The molecular weight excluding hydrogens is 392 g/mol. The van der Waals surface area contributed by atoms with Gasteiger partial charge >= 0.3 is 0 Å². The van der Waals surface area contributed by atoms with Crippen LogP contribution in [0.2, 0.25) is 5.02 Å². The van der Waals surface area contributed by atoms with E-state index in [4.69, 9.17) is 16.3 Å². The summed E-state index contributed by atoms with van der Waals surface area (Å²) in [4.78, 5) is 32.8. The smallest absolute Gasteiger partial charge is 0.293 e. The van der Waals surface area contributed by atoms with Crippen LogP contribution >= 0.6 is 11.6 Å². The van der Waals surface area contributed by atoms with Crippen LogP contribution in [0.5, 0.6) is 5.75 Å². The molecule has 0 fully saturated rings. The number of halogens is 1. The van der Waals surface area contributed by atoms with E-state index >= 15 is 0 Å². The largest absolute Gasteiger partial charge is 0.480 e. The number of hydrogen-bond donors (Lipinski definition) is 1. The predicted octanol–water partition coefficient (Wildman–Crippen LogP) is 4.26. The minimum atomic E-state index is -0.238. The SMILES string of the molecule is CCCn1c(=O)c(OCC(=O)CC)cc2cc(Nc3nc(C)ncc3Cl)ccc21. The van der Waals surface area contributed by atoms with Gasteiger partial charge in [0.15, 0.2) is 17.4 Å². The molecule has 1 N–H and O–H groups in total. The third-order valence-electron chi connectivity index (χ3n) is 4.42. The lowest BCUT2D eigenvalue weighted by Gasteiger charge is -2.14. The summed E-state index contributed by atoms with van der Waals surface area (Å²) in [7, 11) is 0. The molecule has 1 aromatic carbocycles. The van der Waals surface area contributed by atoms with E-state index in [-0.39, 0.29) is 23.7 Å². The molecule has 0 aliphatic carbocycles. The van der Waals surface area contributed by atoms with Gasteiger partial charge in [-0.15, -0.1) is 0 Å². The molecule has 3 aromatic rings. The summed E-state index contributed by atoms with van der Waals surface area (Å²) in [6, 6.07) is 7.30. The second-order valence-electron chi connectivity index (χ2n) is 6.66. The fourth-order valence-electron chi connectivity index (χ4n) is 2.93. The topological polar surface area (TPSA) is 86.1 Å². The van der Waals surface area contributed by atoms with Gasteiger partial charge in [0.05, 0.1) is 11.7 Å². The number of ether oxygens (including phenoxy) is 1. The fraction of sp³-hybridized carbons (Fsp3) is 0.333. The van der Waals surface area contributed by atoms with Crippen LogP contribution in [0.1, 0.15) is 32.5 Å². The fourth-order valence-corrected chi connectivity index (χ4v) is 3.07. The third-order valence-corrected chi connectivity index (χ3v) is 4.69. The Balaban J connectivity index is 2.03. The number of nitrogens with zero attached hydrogens (tertiary/aromatic N) is 3. The minimum Gasteiger partial charge on any atom is -0.480 e. The molecule has 0 saturated heterocycles. The number of benzene rings is 1. The zero-order chi connectivity index (χ0) is 21.0. The van der Waals surface area contributed by atoms with Gasteiger partial charge in [-0.05, 0) is 37.6 Å². The van der Waals surface area contributed by atoms with E-state index in [1.807, 2.05) is 25.1 Å². The average Bonchev–Trinajstić information content (AvgIpc) is 2.71. The summed E-state index contributed by atoms with van der Waals surface area (Å²) in [5.41, 5.74) is 1.31. The van der Waals surface area contributed by atoms with Crippen molar-refractivity contribution in [2.75, 3.05) is 11.9 Å². The zero-order valence-electron chi connectivity index (χ0n) is 16.7. The first-order valence-electron chi connectivity index (χ1n) is 9.51. The van der Waals surface area contributed by atoms with Crippen molar-refractivity contribution in [1.82, 2.24) is 14.5 Å². The molecule has 0 atom stereocenters. The van der Waals surface area contributed by atoms with Crippen LogP contribution in [0.3, 0.4) is 0 Å². The van der Waals surface area contributed by atoms with Crippen molar-refractivity contribution in [2.45, 2.75) is 40.2 Å². The van der Waals surface area contributed by atoms with Gasteiger partial charge in [-0.25, -0.2) is 9.97 Å². The van der Waals surface area contributed by atoms with Gasteiger partial charge in [0.2, 0.25) is 0 Å². The maximum Gasteiger partial charge on any atom is 0.293 e. The summed E-state index contributed by atoms with van der Waals surface area (Å²) in [5, 5.41) is 4.40. The highest BCUT2D eigenvalue weighted by Crippen LogP contribution is 2.26. The lowest BCUT2D eigenvalue weighted by Crippen LogP contribution is -2.24. The first-order valence-corrected chi connectivity index (χ1v) is 9.89. The molecule has 2 heterocycles. The molecule has 152 valence electrons. The number of rotatable bonds is 8. The molecule has 0 unspecified atom stereocenters. The lowest BCUT2D eigenvalue weighted by molar-refractivity contribution is -0.120. The van der Waals surface area contributed by atoms with Crippen LogP contribution < -0.4 is 15.6 Å². The lowest BCUT2D eigenvalue weighted by atomic mass is 10.1. The number of nitrogens with one attached hydrogen (secondary N) is 1. The number of anilines is 2. The summed E-state index contributed by atoms with van der Waals surface area (Å²) in [6.45, 7) is 5.99. The third kappa shape index (κ3) is 4.74. The van der Waals surface area contributed by atoms with Gasteiger partial charge in [-0.3, -0.25) is 9.59 Å². The Hall–Kier alpha value is -2.93. The minimum absolute atomic E-state index is 0.0595. The molecule has 0 saturated carbocycles. The van der Waals surface area contributed by atoms with E-state index in [1.165, 1.54) is 0 Å². The van der Waals surface area contributed by atoms with E-state index < -0.39 is 0 Å². The average molecular weight is 415 g/mol. The number of Topliss-reactive ketones (excluding diaryl/α,β-unsaturated/α-hetero) is 1. The monoisotopic (exact) mass is 414 g/mol. The Kier molecular flexibility index (Phi) is 6.49. The highest BCUT2D eigenvalue weighted by atomic mass is 35.5. The second-order valence-corrected chi connectivity index (χ2v) is 7.07. The molecule has 0 aliphatic rings. The molecule has 0 bridgehead atoms. The Bertz CT molecular complexity index is 1110. The van der Waals surface area contributed by atoms with Crippen LogP contribution in [0.15, 0.2) is 35.3 Å². The number of ketones is 1. The first kappa shape index (κ1) is 20.8. The van der Waals surface area contributed by atoms with E-state index in [2.05, 4.69) is 15.3 Å². The molecule has 29 heavy (non-hydrogen) atoms. The number of carbonyl (C=O) groups is 1. The van der Waals surface area contributed by atoms with Gasteiger partial charge < -0.3 is 14.6 Å². The van der Waals surface area contributed by atoms with Crippen LogP contribution in [0.4, 0.5) is 11.5 Å². The Labute approximate surface area is 173 Å². The normalized spacial score (nSPS) is 10.9. The van der Waals surface area contributed by atoms with Crippen molar-refractivity contribution in [3.8, 4) is 5.75 Å². The number of aromatic nitrogens is 3. The molecule has 0 radical (unpaired) electrons. The summed E-state index contributed by atoms with van der Waals surface area (Å²) >= 11 is 6.18. The van der Waals surface area contributed by atoms with Crippen molar-refractivity contribution in [3.05, 3.63) is 51.7 Å². The summed E-state index contributed by atoms with van der Waals surface area (Å²) in [5.74, 6) is 1.22. The van der Waals surface area contributed by atoms with E-state index in [0.29, 0.717) is 29.6 Å². The quantitative estimate of drug-likeness (QED) is 0.592. The highest BCUT2D eigenvalue weighted by molar-refractivity contribution is 6.32. The van der Waals surface area contributed by atoms with Crippen molar-refractivity contribution in [3.63, 3.8) is 0 Å².